The van der Waals surface area contributed by atoms with Crippen molar-refractivity contribution in [3.63, 3.8) is 0 Å². The molecular weight excluding hydrogens is 266 g/mol. The van der Waals surface area contributed by atoms with Crippen LogP contribution >= 0.6 is 0 Å². The van der Waals surface area contributed by atoms with E-state index in [2.05, 4.69) is 0 Å². The Bertz CT molecular complexity index is 776. The first-order valence-electron chi connectivity index (χ1n) is 5.53. The smallest absolute Gasteiger partial charge is 0.276 e. The molecule has 0 aliphatic heterocycles. The molecule has 1 aromatic carbocycles. The quantitative estimate of drug-likeness (QED) is 0.897. The van der Waals surface area contributed by atoms with Crippen LogP contribution in [0.25, 0.3) is 5.69 Å². The van der Waals surface area contributed by atoms with Gasteiger partial charge in [-0.15, -0.1) is 0 Å². The van der Waals surface area contributed by atoms with Crippen molar-refractivity contribution < 1.29 is 13.5 Å². The monoisotopic (exact) mass is 279 g/mol. The van der Waals surface area contributed by atoms with Crippen molar-refractivity contribution in [2.45, 2.75) is 11.8 Å². The minimum absolute atomic E-state index is 0.234. The van der Waals surface area contributed by atoms with Crippen molar-refractivity contribution >= 4 is 9.84 Å². The molecule has 19 heavy (non-hydrogen) atoms. The maximum absolute atomic E-state index is 12.3. The second kappa shape index (κ2) is 4.55. The highest BCUT2D eigenvalue weighted by molar-refractivity contribution is 7.90. The van der Waals surface area contributed by atoms with Gasteiger partial charge in [-0.2, -0.15) is 0 Å². The van der Waals surface area contributed by atoms with E-state index in [4.69, 9.17) is 0 Å². The van der Waals surface area contributed by atoms with Crippen LogP contribution in [-0.4, -0.2) is 24.3 Å². The van der Waals surface area contributed by atoms with Crippen LogP contribution in [0.2, 0.25) is 0 Å². The summed E-state index contributed by atoms with van der Waals surface area (Å²) in [6.45, 7) is 1.48. The highest BCUT2D eigenvalue weighted by atomic mass is 32.2. The van der Waals surface area contributed by atoms with Gasteiger partial charge in [0.1, 0.15) is 4.90 Å². The average Bonchev–Trinajstić information content (AvgIpc) is 2.27. The molecule has 2 rings (SSSR count). The number of hydrogen-bond donors (Lipinski definition) is 1. The third-order valence-corrected chi connectivity index (χ3v) is 3.95. The topological polar surface area (TPSA) is 76.4 Å². The molecule has 0 fully saturated rings. The molecule has 6 heteroatoms. The van der Waals surface area contributed by atoms with Gasteiger partial charge < -0.3 is 5.11 Å². The number of rotatable bonds is 2. The number of nitrogens with zero attached hydrogens (tertiary/aromatic N) is 1. The summed E-state index contributed by atoms with van der Waals surface area (Å²) in [6.07, 6.45) is 0.975. The summed E-state index contributed by atoms with van der Waals surface area (Å²) in [7, 11) is -3.66. The van der Waals surface area contributed by atoms with Gasteiger partial charge >= 0.3 is 0 Å². The summed E-state index contributed by atoms with van der Waals surface area (Å²) < 4.78 is 24.3. The Balaban J connectivity index is 2.89. The summed E-state index contributed by atoms with van der Waals surface area (Å²) in [5, 5.41) is 9.88. The molecule has 0 amide bonds. The fourth-order valence-corrected chi connectivity index (χ4v) is 3.03. The van der Waals surface area contributed by atoms with Gasteiger partial charge in [-0.1, -0.05) is 18.2 Å². The number of hydrogen-bond acceptors (Lipinski definition) is 4. The van der Waals surface area contributed by atoms with Crippen LogP contribution in [0.4, 0.5) is 0 Å². The maximum atomic E-state index is 12.3. The third-order valence-electron chi connectivity index (χ3n) is 2.72. The van der Waals surface area contributed by atoms with Crippen LogP contribution in [0.15, 0.2) is 46.1 Å². The Morgan fingerprint density at radius 1 is 1.16 bits per heavy atom. The van der Waals surface area contributed by atoms with E-state index in [1.807, 2.05) is 0 Å². The lowest BCUT2D eigenvalue weighted by molar-refractivity contribution is 0.432. The number of aromatic nitrogens is 1. The molecule has 1 N–H and O–H groups in total. The van der Waals surface area contributed by atoms with Crippen LogP contribution in [0.1, 0.15) is 5.56 Å². The van der Waals surface area contributed by atoms with Crippen molar-refractivity contribution in [2.75, 3.05) is 6.26 Å². The predicted molar refractivity (Wildman–Crippen MR) is 71.6 cm³/mol. The molecule has 100 valence electrons. The van der Waals surface area contributed by atoms with Gasteiger partial charge in [0.25, 0.3) is 5.56 Å². The molecule has 0 aliphatic carbocycles. The molecule has 2 aromatic rings. The molecule has 1 heterocycles. The van der Waals surface area contributed by atoms with Crippen LogP contribution in [0, 0.1) is 6.92 Å². The number of sulfone groups is 1. The second-order valence-corrected chi connectivity index (χ2v) is 6.22. The van der Waals surface area contributed by atoms with E-state index >= 15 is 0 Å². The zero-order valence-electron chi connectivity index (χ0n) is 10.5. The fourth-order valence-electron chi connectivity index (χ4n) is 1.98. The molecule has 0 saturated carbocycles. The van der Waals surface area contributed by atoms with E-state index in [-0.39, 0.29) is 16.3 Å². The van der Waals surface area contributed by atoms with Crippen molar-refractivity contribution in [2.24, 2.45) is 0 Å². The Labute approximate surface area is 110 Å². The van der Waals surface area contributed by atoms with Crippen LogP contribution < -0.4 is 5.56 Å². The Hall–Kier alpha value is -2.08. The van der Waals surface area contributed by atoms with Gasteiger partial charge in [-0.25, -0.2) is 13.0 Å². The van der Waals surface area contributed by atoms with Crippen molar-refractivity contribution in [1.29, 1.82) is 0 Å². The number of pyridine rings is 1. The summed E-state index contributed by atoms with van der Waals surface area (Å²) in [6, 6.07) is 9.65. The SMILES string of the molecule is Cc1cc(O)n(-c2ccccc2)c(=O)c1S(C)(=O)=O. The minimum atomic E-state index is -3.66. The van der Waals surface area contributed by atoms with E-state index < -0.39 is 15.4 Å². The molecule has 0 spiro atoms. The summed E-state index contributed by atoms with van der Waals surface area (Å²) in [5.74, 6) is -0.291. The standard InChI is InChI=1S/C13H13NO4S/c1-9-8-11(15)14(10-6-4-3-5-7-10)13(16)12(9)19(2,17)18/h3-8,15H,1-2H3. The molecule has 0 saturated heterocycles. The highest BCUT2D eigenvalue weighted by Crippen LogP contribution is 2.19. The molecule has 0 aliphatic rings. The van der Waals surface area contributed by atoms with Gasteiger partial charge in [0, 0.05) is 12.3 Å². The molecular formula is C13H13NO4S. The molecule has 5 nitrogen and oxygen atoms in total. The highest BCUT2D eigenvalue weighted by Gasteiger charge is 2.20. The molecule has 0 radical (unpaired) electrons. The lowest BCUT2D eigenvalue weighted by Crippen LogP contribution is -2.25. The number of aromatic hydroxyl groups is 1. The zero-order valence-corrected chi connectivity index (χ0v) is 11.3. The average molecular weight is 279 g/mol. The van der Waals surface area contributed by atoms with Crippen LogP contribution in [-0.2, 0) is 9.84 Å². The lowest BCUT2D eigenvalue weighted by atomic mass is 10.2. The van der Waals surface area contributed by atoms with Gasteiger partial charge in [0.15, 0.2) is 15.7 Å². The fraction of sp³-hybridized carbons (Fsp3) is 0.154. The van der Waals surface area contributed by atoms with E-state index in [9.17, 15) is 18.3 Å². The van der Waals surface area contributed by atoms with Gasteiger partial charge in [-0.05, 0) is 24.6 Å². The van der Waals surface area contributed by atoms with Crippen molar-refractivity contribution in [3.05, 3.63) is 52.3 Å². The molecule has 1 aromatic heterocycles. The normalized spacial score (nSPS) is 11.5. The van der Waals surface area contributed by atoms with Gasteiger partial charge in [0.05, 0.1) is 5.69 Å². The van der Waals surface area contributed by atoms with Gasteiger partial charge in [0.2, 0.25) is 0 Å². The maximum Gasteiger partial charge on any atom is 0.276 e. The van der Waals surface area contributed by atoms with Crippen molar-refractivity contribution in [3.8, 4) is 11.6 Å². The van der Waals surface area contributed by atoms with Gasteiger partial charge in [-0.3, -0.25) is 4.79 Å². The third kappa shape index (κ3) is 2.39. The number of aryl methyl sites for hydroxylation is 1. The number of para-hydroxylation sites is 1. The predicted octanol–water partition coefficient (Wildman–Crippen LogP) is 1.26. The van der Waals surface area contributed by atoms with E-state index in [1.165, 1.54) is 13.0 Å². The lowest BCUT2D eigenvalue weighted by Gasteiger charge is -2.12. The molecule has 0 atom stereocenters. The molecule has 0 bridgehead atoms. The van der Waals surface area contributed by atoms with E-state index in [1.54, 1.807) is 30.3 Å². The van der Waals surface area contributed by atoms with E-state index in [0.29, 0.717) is 5.69 Å². The summed E-state index contributed by atoms with van der Waals surface area (Å²) in [5.41, 5.74) is -0.0988. The Kier molecular flexibility index (Phi) is 3.20. The van der Waals surface area contributed by atoms with E-state index in [0.717, 1.165) is 10.8 Å². The van der Waals surface area contributed by atoms with Crippen LogP contribution in [0.3, 0.4) is 0 Å². The Morgan fingerprint density at radius 3 is 2.26 bits per heavy atom. The first-order chi connectivity index (χ1) is 8.82. The summed E-state index contributed by atoms with van der Waals surface area (Å²) >= 11 is 0. The second-order valence-electron chi connectivity index (χ2n) is 4.26. The Morgan fingerprint density at radius 2 is 1.74 bits per heavy atom. The molecule has 0 unspecified atom stereocenters. The first kappa shape index (κ1) is 13.4. The van der Waals surface area contributed by atoms with Crippen LogP contribution in [0.5, 0.6) is 5.88 Å². The number of benzene rings is 1. The van der Waals surface area contributed by atoms with Crippen molar-refractivity contribution in [1.82, 2.24) is 4.57 Å². The first-order valence-corrected chi connectivity index (χ1v) is 7.42. The minimum Gasteiger partial charge on any atom is -0.494 e. The summed E-state index contributed by atoms with van der Waals surface area (Å²) in [4.78, 5) is 12.0. The largest absolute Gasteiger partial charge is 0.494 e. The zero-order chi connectivity index (χ0) is 14.2.